The zero-order valence-corrected chi connectivity index (χ0v) is 13.1. The molecule has 4 aliphatic rings. The van der Waals surface area contributed by atoms with Crippen LogP contribution in [0.15, 0.2) is 0 Å². The predicted octanol–water partition coefficient (Wildman–Crippen LogP) is 2.64. The molecule has 0 aromatic rings. The first kappa shape index (κ1) is 14.4. The lowest BCUT2D eigenvalue weighted by atomic mass is 9.54. The molecule has 20 heavy (non-hydrogen) atoms. The van der Waals surface area contributed by atoms with E-state index in [9.17, 15) is 4.79 Å². The molecule has 0 heterocycles. The van der Waals surface area contributed by atoms with E-state index < -0.39 is 0 Å². The van der Waals surface area contributed by atoms with Crippen LogP contribution in [0.3, 0.4) is 0 Å². The van der Waals surface area contributed by atoms with Crippen LogP contribution in [0, 0.1) is 29.6 Å². The molecule has 0 aliphatic heterocycles. The summed E-state index contributed by atoms with van der Waals surface area (Å²) in [4.78, 5) is 14.7. The predicted molar refractivity (Wildman–Crippen MR) is 81.1 cm³/mol. The minimum Gasteiger partial charge on any atom is -0.342 e. The second-order valence-electron chi connectivity index (χ2n) is 7.64. The van der Waals surface area contributed by atoms with Gasteiger partial charge in [0.2, 0.25) is 5.91 Å². The third-order valence-electron chi connectivity index (χ3n) is 6.39. The zero-order valence-electron chi connectivity index (χ0n) is 13.1. The van der Waals surface area contributed by atoms with E-state index in [0.29, 0.717) is 30.8 Å². The monoisotopic (exact) mass is 278 g/mol. The highest BCUT2D eigenvalue weighted by Gasteiger charge is 2.50. The molecular weight excluding hydrogens is 248 g/mol. The van der Waals surface area contributed by atoms with E-state index in [1.807, 2.05) is 0 Å². The number of carbonyl (C=O) groups excluding carboxylic acids is 1. The Labute approximate surface area is 123 Å². The van der Waals surface area contributed by atoms with Gasteiger partial charge in [-0.2, -0.15) is 0 Å². The third kappa shape index (κ3) is 2.49. The van der Waals surface area contributed by atoms with Gasteiger partial charge in [0.1, 0.15) is 0 Å². The number of amides is 1. The van der Waals surface area contributed by atoms with Gasteiger partial charge in [0.05, 0.1) is 0 Å². The molecule has 4 aliphatic carbocycles. The van der Waals surface area contributed by atoms with Crippen LogP contribution in [0.5, 0.6) is 0 Å². The zero-order chi connectivity index (χ0) is 14.3. The Balaban J connectivity index is 1.65. The molecule has 4 fully saturated rings. The lowest BCUT2D eigenvalue weighted by Crippen LogP contribution is -2.56. The number of nitrogens with two attached hydrogens (primary N) is 1. The maximum atomic E-state index is 12.6. The van der Waals surface area contributed by atoms with Gasteiger partial charge in [-0.15, -0.1) is 0 Å². The minimum absolute atomic E-state index is 0.333. The molecule has 0 aromatic carbocycles. The van der Waals surface area contributed by atoms with Gasteiger partial charge >= 0.3 is 0 Å². The Hall–Kier alpha value is -0.570. The maximum absolute atomic E-state index is 12.6. The van der Waals surface area contributed by atoms with Crippen molar-refractivity contribution in [1.29, 1.82) is 0 Å². The van der Waals surface area contributed by atoms with E-state index in [-0.39, 0.29) is 0 Å². The first-order valence-electron chi connectivity index (χ1n) is 8.58. The number of carbonyl (C=O) groups is 1. The van der Waals surface area contributed by atoms with E-state index in [1.165, 1.54) is 32.1 Å². The van der Waals surface area contributed by atoms with E-state index in [2.05, 4.69) is 18.9 Å². The molecule has 1 unspecified atom stereocenters. The second-order valence-corrected chi connectivity index (χ2v) is 7.64. The fraction of sp³-hybridized carbons (Fsp3) is 0.941. The summed E-state index contributed by atoms with van der Waals surface area (Å²) in [7, 11) is 2.05. The summed E-state index contributed by atoms with van der Waals surface area (Å²) in [5, 5.41) is 0. The molecule has 114 valence electrons. The highest BCUT2D eigenvalue weighted by Crippen LogP contribution is 2.55. The standard InChI is InChI=1S/C17H30N2O/c1-3-11(10-18)9-16(20)19(2)17-14-5-12-4-13(7-14)8-15(17)6-12/h11-15,17H,3-10,18H2,1-2H3. The van der Waals surface area contributed by atoms with Crippen LogP contribution < -0.4 is 5.73 Å². The van der Waals surface area contributed by atoms with Gasteiger partial charge in [0.15, 0.2) is 0 Å². The molecule has 4 rings (SSSR count). The molecule has 3 nitrogen and oxygen atoms in total. The number of hydrogen-bond acceptors (Lipinski definition) is 2. The fourth-order valence-corrected chi connectivity index (χ4v) is 5.48. The van der Waals surface area contributed by atoms with Gasteiger partial charge in [0, 0.05) is 19.5 Å². The average Bonchev–Trinajstić information content (AvgIpc) is 2.43. The highest BCUT2D eigenvalue weighted by atomic mass is 16.2. The van der Waals surface area contributed by atoms with Crippen molar-refractivity contribution in [2.45, 2.75) is 57.9 Å². The van der Waals surface area contributed by atoms with Crippen molar-refractivity contribution in [2.24, 2.45) is 35.3 Å². The lowest BCUT2D eigenvalue weighted by molar-refractivity contribution is -0.142. The molecule has 0 saturated heterocycles. The van der Waals surface area contributed by atoms with E-state index in [4.69, 9.17) is 5.73 Å². The summed E-state index contributed by atoms with van der Waals surface area (Å²) in [6.45, 7) is 2.77. The summed E-state index contributed by atoms with van der Waals surface area (Å²) in [5.41, 5.74) is 5.76. The van der Waals surface area contributed by atoms with Gasteiger partial charge in [-0.05, 0) is 68.2 Å². The fourth-order valence-electron chi connectivity index (χ4n) is 5.48. The van der Waals surface area contributed by atoms with Crippen molar-refractivity contribution in [3.05, 3.63) is 0 Å². The smallest absolute Gasteiger partial charge is 0.222 e. The lowest BCUT2D eigenvalue weighted by Gasteiger charge is -2.56. The van der Waals surface area contributed by atoms with Crippen LogP contribution in [0.4, 0.5) is 0 Å². The second kappa shape index (κ2) is 5.67. The van der Waals surface area contributed by atoms with Crippen LogP contribution in [0.1, 0.15) is 51.9 Å². The molecule has 2 N–H and O–H groups in total. The normalized spacial score (nSPS) is 39.9. The van der Waals surface area contributed by atoms with Crippen molar-refractivity contribution in [3.63, 3.8) is 0 Å². The minimum atomic E-state index is 0.333. The topological polar surface area (TPSA) is 46.3 Å². The molecule has 4 bridgehead atoms. The van der Waals surface area contributed by atoms with Crippen molar-refractivity contribution >= 4 is 5.91 Å². The van der Waals surface area contributed by atoms with Crippen LogP contribution >= 0.6 is 0 Å². The van der Waals surface area contributed by atoms with Gasteiger partial charge in [-0.1, -0.05) is 13.3 Å². The summed E-state index contributed by atoms with van der Waals surface area (Å²) in [6, 6.07) is 0.533. The summed E-state index contributed by atoms with van der Waals surface area (Å²) >= 11 is 0. The average molecular weight is 278 g/mol. The largest absolute Gasteiger partial charge is 0.342 e. The number of rotatable bonds is 5. The van der Waals surface area contributed by atoms with Gasteiger partial charge < -0.3 is 10.6 Å². The number of hydrogen-bond donors (Lipinski definition) is 1. The first-order chi connectivity index (χ1) is 9.62. The SMILES string of the molecule is CCC(CN)CC(=O)N(C)C1C2CC3CC(C2)CC1C3. The van der Waals surface area contributed by atoms with E-state index in [1.54, 1.807) is 0 Å². The quantitative estimate of drug-likeness (QED) is 0.840. The van der Waals surface area contributed by atoms with Crippen molar-refractivity contribution in [3.8, 4) is 0 Å². The molecule has 3 heteroatoms. The molecule has 0 radical (unpaired) electrons. The van der Waals surface area contributed by atoms with Crippen molar-refractivity contribution in [1.82, 2.24) is 4.90 Å². The van der Waals surface area contributed by atoms with E-state index >= 15 is 0 Å². The Morgan fingerprint density at radius 3 is 2.15 bits per heavy atom. The summed E-state index contributed by atoms with van der Waals surface area (Å²) < 4.78 is 0. The van der Waals surface area contributed by atoms with Crippen molar-refractivity contribution in [2.75, 3.05) is 13.6 Å². The maximum Gasteiger partial charge on any atom is 0.222 e. The van der Waals surface area contributed by atoms with E-state index in [0.717, 1.165) is 30.1 Å². The van der Waals surface area contributed by atoms with Crippen LogP contribution in [-0.4, -0.2) is 30.4 Å². The summed E-state index contributed by atoms with van der Waals surface area (Å²) in [6.07, 6.45) is 8.64. The molecule has 4 saturated carbocycles. The van der Waals surface area contributed by atoms with Gasteiger partial charge in [0.25, 0.3) is 0 Å². The first-order valence-corrected chi connectivity index (χ1v) is 8.58. The van der Waals surface area contributed by atoms with Gasteiger partial charge in [-0.3, -0.25) is 4.79 Å². The van der Waals surface area contributed by atoms with Crippen LogP contribution in [-0.2, 0) is 4.79 Å². The molecule has 1 amide bonds. The summed E-state index contributed by atoms with van der Waals surface area (Å²) in [5.74, 6) is 4.23. The third-order valence-corrected chi connectivity index (χ3v) is 6.39. The Morgan fingerprint density at radius 2 is 1.70 bits per heavy atom. The highest BCUT2D eigenvalue weighted by molar-refractivity contribution is 5.76. The molecule has 0 aromatic heterocycles. The van der Waals surface area contributed by atoms with Gasteiger partial charge in [-0.25, -0.2) is 0 Å². The number of nitrogens with zero attached hydrogens (tertiary/aromatic N) is 1. The molecular formula is C17H30N2O. The Kier molecular flexibility index (Phi) is 4.07. The Morgan fingerprint density at radius 1 is 1.15 bits per heavy atom. The van der Waals surface area contributed by atoms with Crippen LogP contribution in [0.25, 0.3) is 0 Å². The molecule has 1 atom stereocenters. The van der Waals surface area contributed by atoms with Crippen LogP contribution in [0.2, 0.25) is 0 Å². The Bertz CT molecular complexity index is 336. The molecule has 0 spiro atoms. The van der Waals surface area contributed by atoms with Crippen molar-refractivity contribution < 1.29 is 4.79 Å².